The largest absolute Gasteiger partial charge is 0.396 e. The normalized spacial score (nSPS) is 22.1. The van der Waals surface area contributed by atoms with E-state index in [4.69, 9.17) is 34.6 Å². The minimum atomic E-state index is -1.11. The molecule has 2 aliphatic heterocycles. The fourth-order valence-corrected chi connectivity index (χ4v) is 1.35. The Balaban J connectivity index is 0.000000314. The third-order valence-corrected chi connectivity index (χ3v) is 3.37. The van der Waals surface area contributed by atoms with E-state index in [1.54, 1.807) is 0 Å². The molecule has 2 atom stereocenters. The lowest BCUT2D eigenvalue weighted by atomic mass is 9.93. The molecule has 2 aliphatic rings. The Kier molecular flexibility index (Phi) is 13.0. The van der Waals surface area contributed by atoms with Gasteiger partial charge in [-0.05, 0) is 26.7 Å². The Morgan fingerprint density at radius 1 is 0.818 bits per heavy atom. The fourth-order valence-electron chi connectivity index (χ4n) is 1.35. The van der Waals surface area contributed by atoms with Crippen LogP contribution in [-0.2, 0) is 14.2 Å². The van der Waals surface area contributed by atoms with Crippen molar-refractivity contribution in [2.24, 2.45) is 5.41 Å². The summed E-state index contributed by atoms with van der Waals surface area (Å²) in [5.41, 5.74) is -1.11. The molecule has 0 aromatic heterocycles. The highest BCUT2D eigenvalue weighted by Crippen LogP contribution is 2.22. The molecule has 7 nitrogen and oxygen atoms in total. The number of ether oxygens (including phenoxy) is 3. The van der Waals surface area contributed by atoms with Crippen LogP contribution in [0.4, 0.5) is 0 Å². The first-order chi connectivity index (χ1) is 10.6. The van der Waals surface area contributed by atoms with E-state index in [9.17, 15) is 0 Å². The van der Waals surface area contributed by atoms with E-state index in [1.807, 2.05) is 13.8 Å². The van der Waals surface area contributed by atoms with Gasteiger partial charge in [0.1, 0.15) is 0 Å². The van der Waals surface area contributed by atoms with E-state index in [-0.39, 0.29) is 0 Å². The molecule has 22 heavy (non-hydrogen) atoms. The SMILES string of the molecule is C(CC1CO1)C1CO1.CCOCC.OCC(CO)(CO)CO. The minimum Gasteiger partial charge on any atom is -0.396 e. The van der Waals surface area contributed by atoms with Gasteiger partial charge in [0.05, 0.1) is 57.3 Å². The molecule has 134 valence electrons. The van der Waals surface area contributed by atoms with E-state index in [0.717, 1.165) is 26.4 Å². The van der Waals surface area contributed by atoms with Crippen molar-refractivity contribution in [3.63, 3.8) is 0 Å². The summed E-state index contributed by atoms with van der Waals surface area (Å²) in [7, 11) is 0. The Hall–Kier alpha value is -0.280. The lowest BCUT2D eigenvalue weighted by Gasteiger charge is -2.23. The van der Waals surface area contributed by atoms with Crippen LogP contribution in [0.1, 0.15) is 26.7 Å². The first-order valence-corrected chi connectivity index (χ1v) is 7.85. The van der Waals surface area contributed by atoms with Gasteiger partial charge in [-0.1, -0.05) is 0 Å². The standard InChI is InChI=1S/C6H10O2.C5H12O4.C4H10O/c1(5-3-7-5)2-6-4-8-6;6-1-5(2-7,3-8)4-9;1-3-5-4-2/h5-6H,1-4H2;6-9H,1-4H2;3-4H2,1-2H3. The molecule has 0 spiro atoms. The number of epoxide rings is 2. The number of aliphatic hydroxyl groups is 4. The smallest absolute Gasteiger partial charge is 0.0810 e. The zero-order valence-corrected chi connectivity index (χ0v) is 13.7. The van der Waals surface area contributed by atoms with Crippen LogP contribution >= 0.6 is 0 Å². The van der Waals surface area contributed by atoms with Gasteiger partial charge in [0, 0.05) is 13.2 Å². The molecular weight excluding hydrogens is 292 g/mol. The molecule has 0 aliphatic carbocycles. The molecule has 2 heterocycles. The average molecular weight is 324 g/mol. The number of hydrogen-bond donors (Lipinski definition) is 4. The molecule has 0 bridgehead atoms. The van der Waals surface area contributed by atoms with Crippen molar-refractivity contribution in [3.8, 4) is 0 Å². The maximum absolute atomic E-state index is 8.50. The Morgan fingerprint density at radius 2 is 1.14 bits per heavy atom. The average Bonchev–Trinajstić information content (AvgIpc) is 3.44. The second-order valence-electron chi connectivity index (χ2n) is 5.40. The zero-order chi connectivity index (χ0) is 16.8. The highest BCUT2D eigenvalue weighted by Gasteiger charge is 2.28. The molecule has 2 saturated heterocycles. The van der Waals surface area contributed by atoms with Gasteiger partial charge in [-0.25, -0.2) is 0 Å². The van der Waals surface area contributed by atoms with Crippen molar-refractivity contribution >= 4 is 0 Å². The second-order valence-corrected chi connectivity index (χ2v) is 5.40. The van der Waals surface area contributed by atoms with E-state index in [2.05, 4.69) is 0 Å². The van der Waals surface area contributed by atoms with Crippen molar-refractivity contribution < 1.29 is 34.6 Å². The van der Waals surface area contributed by atoms with Gasteiger partial charge in [0.15, 0.2) is 0 Å². The van der Waals surface area contributed by atoms with E-state index in [1.165, 1.54) is 12.8 Å². The summed E-state index contributed by atoms with van der Waals surface area (Å²) in [6, 6.07) is 0. The molecule has 0 aromatic carbocycles. The Labute approximate surface area is 132 Å². The minimum absolute atomic E-state index is 0.406. The predicted molar refractivity (Wildman–Crippen MR) is 81.7 cm³/mol. The quantitative estimate of drug-likeness (QED) is 0.425. The molecule has 2 fully saturated rings. The van der Waals surface area contributed by atoms with Gasteiger partial charge in [0.25, 0.3) is 0 Å². The summed E-state index contributed by atoms with van der Waals surface area (Å²) in [6.45, 7) is 6.03. The molecule has 4 N–H and O–H groups in total. The van der Waals surface area contributed by atoms with Gasteiger partial charge >= 0.3 is 0 Å². The topological polar surface area (TPSA) is 115 Å². The van der Waals surface area contributed by atoms with Crippen LogP contribution in [-0.4, -0.2) is 85.5 Å². The molecule has 0 saturated carbocycles. The van der Waals surface area contributed by atoms with E-state index >= 15 is 0 Å². The number of rotatable bonds is 9. The van der Waals surface area contributed by atoms with Crippen LogP contribution in [0.15, 0.2) is 0 Å². The molecule has 0 amide bonds. The van der Waals surface area contributed by atoms with E-state index < -0.39 is 31.8 Å². The lowest BCUT2D eigenvalue weighted by molar-refractivity contribution is -0.0328. The van der Waals surface area contributed by atoms with Gasteiger partial charge in [0.2, 0.25) is 0 Å². The summed E-state index contributed by atoms with van der Waals surface area (Å²) in [5, 5.41) is 34.0. The van der Waals surface area contributed by atoms with Crippen molar-refractivity contribution in [1.82, 2.24) is 0 Å². The molecule has 2 unspecified atom stereocenters. The highest BCUT2D eigenvalue weighted by molar-refractivity contribution is 4.76. The van der Waals surface area contributed by atoms with Crippen molar-refractivity contribution in [2.75, 3.05) is 52.9 Å². The Morgan fingerprint density at radius 3 is 1.23 bits per heavy atom. The molecule has 2 rings (SSSR count). The second kappa shape index (κ2) is 13.2. The maximum Gasteiger partial charge on any atom is 0.0810 e. The van der Waals surface area contributed by atoms with Crippen molar-refractivity contribution in [1.29, 1.82) is 0 Å². The van der Waals surface area contributed by atoms with Gasteiger partial charge in [-0.2, -0.15) is 0 Å². The third-order valence-electron chi connectivity index (χ3n) is 3.37. The summed E-state index contributed by atoms with van der Waals surface area (Å²) in [5.74, 6) is 0. The highest BCUT2D eigenvalue weighted by atomic mass is 16.6. The zero-order valence-electron chi connectivity index (χ0n) is 13.7. The van der Waals surface area contributed by atoms with E-state index in [0.29, 0.717) is 12.2 Å². The molecular formula is C15H32O7. The molecule has 0 aromatic rings. The first kappa shape index (κ1) is 21.7. The Bertz CT molecular complexity index is 207. The third kappa shape index (κ3) is 11.3. The van der Waals surface area contributed by atoms with Crippen LogP contribution in [0.25, 0.3) is 0 Å². The van der Waals surface area contributed by atoms with Crippen molar-refractivity contribution in [2.45, 2.75) is 38.9 Å². The van der Waals surface area contributed by atoms with Crippen molar-refractivity contribution in [3.05, 3.63) is 0 Å². The number of aliphatic hydroxyl groups excluding tert-OH is 4. The predicted octanol–water partition coefficient (Wildman–Crippen LogP) is -0.451. The molecule has 0 radical (unpaired) electrons. The van der Waals surface area contributed by atoms with Crippen LogP contribution in [0.3, 0.4) is 0 Å². The summed E-state index contributed by atoms with van der Waals surface area (Å²) < 4.78 is 14.9. The van der Waals surface area contributed by atoms with Gasteiger partial charge in [-0.3, -0.25) is 0 Å². The van der Waals surface area contributed by atoms with Gasteiger partial charge < -0.3 is 34.6 Å². The van der Waals surface area contributed by atoms with Crippen LogP contribution in [0, 0.1) is 5.41 Å². The van der Waals surface area contributed by atoms with Crippen LogP contribution < -0.4 is 0 Å². The van der Waals surface area contributed by atoms with Gasteiger partial charge in [-0.15, -0.1) is 0 Å². The lowest BCUT2D eigenvalue weighted by Crippen LogP contribution is -2.37. The van der Waals surface area contributed by atoms with Crippen LogP contribution in [0.5, 0.6) is 0 Å². The summed E-state index contributed by atoms with van der Waals surface area (Å²) in [4.78, 5) is 0. The summed E-state index contributed by atoms with van der Waals surface area (Å²) >= 11 is 0. The summed E-state index contributed by atoms with van der Waals surface area (Å²) in [6.07, 6.45) is 3.62. The first-order valence-electron chi connectivity index (χ1n) is 7.85. The molecule has 7 heteroatoms. The maximum atomic E-state index is 8.50. The monoisotopic (exact) mass is 324 g/mol. The number of hydrogen-bond acceptors (Lipinski definition) is 7. The fraction of sp³-hybridized carbons (Fsp3) is 1.00. The van der Waals surface area contributed by atoms with Crippen LogP contribution in [0.2, 0.25) is 0 Å².